The molecule has 10 heteroatoms. The Morgan fingerprint density at radius 2 is 1.52 bits per heavy atom. The summed E-state index contributed by atoms with van der Waals surface area (Å²) < 4.78 is 39.9. The molecule has 0 saturated heterocycles. The van der Waals surface area contributed by atoms with Crippen LogP contribution < -0.4 is 19.1 Å². The lowest BCUT2D eigenvalue weighted by Crippen LogP contribution is -2.50. The van der Waals surface area contributed by atoms with Gasteiger partial charge in [0, 0.05) is 19.7 Å². The molecule has 0 aromatic heterocycles. The largest absolute Gasteiger partial charge is 0.493 e. The third-order valence-corrected chi connectivity index (χ3v) is 8.34. The quantitative estimate of drug-likeness (QED) is 0.376. The molecular weight excluding hydrogens is 530 g/mol. The van der Waals surface area contributed by atoms with Gasteiger partial charge in [-0.1, -0.05) is 35.9 Å². The van der Waals surface area contributed by atoms with Crippen LogP contribution in [0.5, 0.6) is 11.5 Å². The lowest BCUT2D eigenvalue weighted by atomic mass is 10.1. The molecule has 40 heavy (non-hydrogen) atoms. The number of hydrogen-bond donors (Lipinski definition) is 1. The van der Waals surface area contributed by atoms with Crippen LogP contribution >= 0.6 is 0 Å². The summed E-state index contributed by atoms with van der Waals surface area (Å²) in [5.74, 6) is -0.272. The number of aryl methyl sites for hydroxylation is 3. The molecule has 0 aliphatic carbocycles. The Labute approximate surface area is 236 Å². The van der Waals surface area contributed by atoms with Crippen LogP contribution in [0.3, 0.4) is 0 Å². The second-order valence-corrected chi connectivity index (χ2v) is 11.5. The van der Waals surface area contributed by atoms with Gasteiger partial charge in [0.1, 0.15) is 12.6 Å². The summed E-state index contributed by atoms with van der Waals surface area (Å²) in [4.78, 5) is 27.9. The SMILES string of the molecule is CNC(=O)C(C)N(Cc1cccc(C)c1)C(=O)CN(c1cc(C)cc(C)c1)S(=O)(=O)c1ccc(OC)c(OC)c1. The van der Waals surface area contributed by atoms with Gasteiger partial charge in [-0.2, -0.15) is 0 Å². The average molecular weight is 568 g/mol. The number of benzene rings is 3. The summed E-state index contributed by atoms with van der Waals surface area (Å²) in [6, 6.07) is 16.4. The second-order valence-electron chi connectivity index (χ2n) is 9.68. The Morgan fingerprint density at radius 1 is 0.875 bits per heavy atom. The van der Waals surface area contributed by atoms with Crippen molar-refractivity contribution in [1.82, 2.24) is 10.2 Å². The molecule has 0 spiro atoms. The Balaban J connectivity index is 2.11. The molecular formula is C30H37N3O6S. The minimum absolute atomic E-state index is 0.0679. The van der Waals surface area contributed by atoms with Crippen molar-refractivity contribution in [3.8, 4) is 11.5 Å². The standard InChI is InChI=1S/C30H37N3O6S/c1-20-9-8-10-24(14-20)18-32(23(4)30(35)31-5)29(34)19-33(25-15-21(2)13-22(3)16-25)40(36,37)26-11-12-27(38-6)28(17-26)39-7/h8-17,23H,18-19H2,1-7H3,(H,31,35). The number of sulfonamides is 1. The van der Waals surface area contributed by atoms with E-state index in [0.717, 1.165) is 26.6 Å². The van der Waals surface area contributed by atoms with Crippen LogP contribution in [0.4, 0.5) is 5.69 Å². The highest BCUT2D eigenvalue weighted by Gasteiger charge is 2.33. The van der Waals surface area contributed by atoms with Gasteiger partial charge >= 0.3 is 0 Å². The molecule has 1 N–H and O–H groups in total. The van der Waals surface area contributed by atoms with E-state index < -0.39 is 28.5 Å². The van der Waals surface area contributed by atoms with Crippen molar-refractivity contribution in [3.05, 3.63) is 82.9 Å². The van der Waals surface area contributed by atoms with Gasteiger partial charge in [-0.05, 0) is 68.7 Å². The van der Waals surface area contributed by atoms with E-state index in [9.17, 15) is 18.0 Å². The summed E-state index contributed by atoms with van der Waals surface area (Å²) in [5.41, 5.74) is 3.84. The first kappa shape index (κ1) is 30.5. The number of ether oxygens (including phenoxy) is 2. The van der Waals surface area contributed by atoms with Crippen molar-refractivity contribution < 1.29 is 27.5 Å². The molecule has 3 aromatic rings. The first-order valence-electron chi connectivity index (χ1n) is 12.8. The van der Waals surface area contributed by atoms with Crippen molar-refractivity contribution in [2.45, 2.75) is 45.2 Å². The second kappa shape index (κ2) is 12.9. The van der Waals surface area contributed by atoms with E-state index in [1.54, 1.807) is 19.1 Å². The van der Waals surface area contributed by atoms with Crippen LogP contribution in [0.1, 0.15) is 29.2 Å². The van der Waals surface area contributed by atoms with Gasteiger partial charge < -0.3 is 19.7 Å². The Kier molecular flexibility index (Phi) is 9.81. The summed E-state index contributed by atoms with van der Waals surface area (Å²) in [5, 5.41) is 2.59. The third-order valence-electron chi connectivity index (χ3n) is 6.57. The van der Waals surface area contributed by atoms with E-state index in [-0.39, 0.29) is 23.1 Å². The molecule has 2 amide bonds. The van der Waals surface area contributed by atoms with Gasteiger partial charge in [0.2, 0.25) is 11.8 Å². The van der Waals surface area contributed by atoms with E-state index in [4.69, 9.17) is 9.47 Å². The number of rotatable bonds is 11. The lowest BCUT2D eigenvalue weighted by Gasteiger charge is -2.32. The maximum Gasteiger partial charge on any atom is 0.264 e. The van der Waals surface area contributed by atoms with E-state index in [2.05, 4.69) is 5.32 Å². The number of carbonyl (C=O) groups is 2. The first-order chi connectivity index (χ1) is 18.9. The number of nitrogens with one attached hydrogen (secondary N) is 1. The zero-order chi connectivity index (χ0) is 29.6. The summed E-state index contributed by atoms with van der Waals surface area (Å²) in [6.07, 6.45) is 0. The molecule has 0 heterocycles. The minimum Gasteiger partial charge on any atom is -0.493 e. The molecule has 3 rings (SSSR count). The number of anilines is 1. The van der Waals surface area contributed by atoms with Gasteiger partial charge in [0.05, 0.1) is 24.8 Å². The van der Waals surface area contributed by atoms with Crippen LogP contribution in [0.25, 0.3) is 0 Å². The highest BCUT2D eigenvalue weighted by molar-refractivity contribution is 7.92. The highest BCUT2D eigenvalue weighted by Crippen LogP contribution is 2.33. The zero-order valence-corrected chi connectivity index (χ0v) is 24.8. The fourth-order valence-corrected chi connectivity index (χ4v) is 5.94. The monoisotopic (exact) mass is 567 g/mol. The fourth-order valence-electron chi connectivity index (χ4n) is 4.53. The van der Waals surface area contributed by atoms with Crippen molar-refractivity contribution in [1.29, 1.82) is 0 Å². The van der Waals surface area contributed by atoms with Crippen molar-refractivity contribution >= 4 is 27.5 Å². The van der Waals surface area contributed by atoms with E-state index >= 15 is 0 Å². The van der Waals surface area contributed by atoms with Crippen LogP contribution in [0.15, 0.2) is 65.6 Å². The fraction of sp³-hybridized carbons (Fsp3) is 0.333. The van der Waals surface area contributed by atoms with Gasteiger partial charge in [0.25, 0.3) is 10.0 Å². The molecule has 0 bridgehead atoms. The Hall–Kier alpha value is -4.05. The molecule has 214 valence electrons. The Bertz CT molecular complexity index is 1470. The summed E-state index contributed by atoms with van der Waals surface area (Å²) in [6.45, 7) is 6.89. The molecule has 1 unspecified atom stereocenters. The molecule has 0 saturated carbocycles. The van der Waals surface area contributed by atoms with Crippen LogP contribution in [0, 0.1) is 20.8 Å². The number of carbonyl (C=O) groups excluding carboxylic acids is 2. The van der Waals surface area contributed by atoms with Crippen LogP contribution in [-0.4, -0.2) is 59.0 Å². The van der Waals surface area contributed by atoms with Crippen molar-refractivity contribution in [2.24, 2.45) is 0 Å². The van der Waals surface area contributed by atoms with Gasteiger partial charge in [0.15, 0.2) is 11.5 Å². The van der Waals surface area contributed by atoms with Gasteiger partial charge in [-0.25, -0.2) is 8.42 Å². The first-order valence-corrected chi connectivity index (χ1v) is 14.2. The predicted molar refractivity (Wildman–Crippen MR) is 155 cm³/mol. The van der Waals surface area contributed by atoms with Crippen molar-refractivity contribution in [2.75, 3.05) is 32.1 Å². The van der Waals surface area contributed by atoms with Gasteiger partial charge in [-0.3, -0.25) is 13.9 Å². The number of likely N-dealkylation sites (N-methyl/N-ethyl adjacent to an activating group) is 1. The Morgan fingerprint density at radius 3 is 2.10 bits per heavy atom. The maximum absolute atomic E-state index is 14.1. The minimum atomic E-state index is -4.26. The number of methoxy groups -OCH3 is 2. The zero-order valence-electron chi connectivity index (χ0n) is 24.0. The number of nitrogens with zero attached hydrogens (tertiary/aromatic N) is 2. The normalized spacial score (nSPS) is 11.9. The molecule has 0 aliphatic rings. The third kappa shape index (κ3) is 6.93. The predicted octanol–water partition coefficient (Wildman–Crippen LogP) is 3.99. The van der Waals surface area contributed by atoms with Crippen LogP contribution in [-0.2, 0) is 26.2 Å². The number of hydrogen-bond acceptors (Lipinski definition) is 6. The molecule has 0 aliphatic heterocycles. The smallest absolute Gasteiger partial charge is 0.264 e. The van der Waals surface area contributed by atoms with E-state index in [0.29, 0.717) is 11.4 Å². The maximum atomic E-state index is 14.1. The van der Waals surface area contributed by atoms with Crippen LogP contribution in [0.2, 0.25) is 0 Å². The molecule has 3 aromatic carbocycles. The van der Waals surface area contributed by atoms with Crippen molar-refractivity contribution in [3.63, 3.8) is 0 Å². The molecule has 0 fully saturated rings. The summed E-state index contributed by atoms with van der Waals surface area (Å²) >= 11 is 0. The van der Waals surface area contributed by atoms with E-state index in [1.807, 2.05) is 51.1 Å². The summed E-state index contributed by atoms with van der Waals surface area (Å²) in [7, 11) is 0.123. The van der Waals surface area contributed by atoms with Gasteiger partial charge in [-0.15, -0.1) is 0 Å². The average Bonchev–Trinajstić information content (AvgIpc) is 2.92. The molecule has 9 nitrogen and oxygen atoms in total. The van der Waals surface area contributed by atoms with E-state index in [1.165, 1.54) is 44.4 Å². The lowest BCUT2D eigenvalue weighted by molar-refractivity contribution is -0.139. The number of amides is 2. The highest BCUT2D eigenvalue weighted by atomic mass is 32.2. The topological polar surface area (TPSA) is 105 Å². The molecule has 0 radical (unpaired) electrons. The molecule has 1 atom stereocenters.